The number of hydrogen-bond donors (Lipinski definition) is 1. The first-order valence-electron chi connectivity index (χ1n) is 19.5. The highest BCUT2D eigenvalue weighted by Crippen LogP contribution is 2.40. The second-order valence-electron chi connectivity index (χ2n) is 14.9. The molecule has 0 amide bonds. The van der Waals surface area contributed by atoms with Crippen LogP contribution in [0.1, 0.15) is 178 Å². The SMILES string of the molecule is CCCCCC1CCC(c2ccc(COOC(CC(OO)c3ccc(C4CCC(CCCCC)CC4)cc3)c3ccccc3)cc2)CC1.[HH].[HH]. The van der Waals surface area contributed by atoms with Crippen LogP contribution in [-0.4, -0.2) is 5.26 Å². The van der Waals surface area contributed by atoms with E-state index in [-0.39, 0.29) is 2.85 Å². The first kappa shape index (κ1) is 36.8. The number of unbranched alkanes of at least 4 members (excludes halogenated alkanes) is 4. The van der Waals surface area contributed by atoms with E-state index in [4.69, 9.17) is 14.7 Å². The van der Waals surface area contributed by atoms with Crippen molar-refractivity contribution in [3.05, 3.63) is 107 Å². The van der Waals surface area contributed by atoms with E-state index in [1.807, 2.05) is 30.3 Å². The van der Waals surface area contributed by atoms with E-state index in [1.165, 1.54) is 114 Å². The van der Waals surface area contributed by atoms with Crippen molar-refractivity contribution in [2.45, 2.75) is 154 Å². The van der Waals surface area contributed by atoms with Gasteiger partial charge >= 0.3 is 0 Å². The van der Waals surface area contributed by atoms with Gasteiger partial charge in [-0.25, -0.2) is 14.7 Å². The monoisotopic (exact) mass is 658 g/mol. The molecule has 0 heterocycles. The summed E-state index contributed by atoms with van der Waals surface area (Å²) in [6.45, 7) is 4.95. The molecule has 2 fully saturated rings. The Balaban J connectivity index is 0.00000338. The Bertz CT molecular complexity index is 1270. The van der Waals surface area contributed by atoms with Crippen molar-refractivity contribution in [2.75, 3.05) is 0 Å². The van der Waals surface area contributed by atoms with E-state index >= 15 is 0 Å². The van der Waals surface area contributed by atoms with Crippen LogP contribution in [0.2, 0.25) is 0 Å². The summed E-state index contributed by atoms with van der Waals surface area (Å²) < 4.78 is 0. The van der Waals surface area contributed by atoms with Gasteiger partial charge in [-0.3, -0.25) is 5.26 Å². The lowest BCUT2D eigenvalue weighted by Gasteiger charge is -2.29. The van der Waals surface area contributed by atoms with E-state index < -0.39 is 12.2 Å². The van der Waals surface area contributed by atoms with Crippen molar-refractivity contribution < 1.29 is 22.8 Å². The van der Waals surface area contributed by atoms with E-state index in [0.29, 0.717) is 24.9 Å². The van der Waals surface area contributed by atoms with Crippen LogP contribution in [0.3, 0.4) is 0 Å². The molecular weight excluding hydrogens is 592 g/mol. The molecule has 2 saturated carbocycles. The van der Waals surface area contributed by atoms with Crippen molar-refractivity contribution in [1.29, 1.82) is 0 Å². The van der Waals surface area contributed by atoms with Crippen molar-refractivity contribution in [2.24, 2.45) is 11.8 Å². The Labute approximate surface area is 294 Å². The van der Waals surface area contributed by atoms with Crippen molar-refractivity contribution in [3.8, 4) is 0 Å². The molecule has 4 heteroatoms. The van der Waals surface area contributed by atoms with Crippen LogP contribution in [0.15, 0.2) is 78.9 Å². The molecule has 2 aliphatic carbocycles. The van der Waals surface area contributed by atoms with E-state index in [0.717, 1.165) is 28.5 Å². The number of rotatable bonds is 19. The van der Waals surface area contributed by atoms with Crippen LogP contribution in [0.4, 0.5) is 0 Å². The third-order valence-electron chi connectivity index (χ3n) is 11.5. The van der Waals surface area contributed by atoms with Gasteiger partial charge < -0.3 is 0 Å². The van der Waals surface area contributed by atoms with E-state index in [1.54, 1.807) is 0 Å². The van der Waals surface area contributed by atoms with Gasteiger partial charge in [0.15, 0.2) is 0 Å². The molecule has 3 aromatic carbocycles. The molecule has 2 aliphatic rings. The zero-order valence-electron chi connectivity index (χ0n) is 29.9. The molecule has 0 spiro atoms. The van der Waals surface area contributed by atoms with Crippen LogP contribution in [-0.2, 0) is 21.3 Å². The summed E-state index contributed by atoms with van der Waals surface area (Å²) in [6.07, 6.45) is 21.1. The second kappa shape index (κ2) is 20.2. The molecule has 5 rings (SSSR count). The first-order valence-corrected chi connectivity index (χ1v) is 19.5. The van der Waals surface area contributed by atoms with Gasteiger partial charge in [0.1, 0.15) is 18.8 Å². The third-order valence-corrected chi connectivity index (χ3v) is 11.5. The minimum Gasteiger partial charge on any atom is -0.251 e. The smallest absolute Gasteiger partial charge is 0.121 e. The minimum absolute atomic E-state index is 0. The summed E-state index contributed by atoms with van der Waals surface area (Å²) in [6, 6.07) is 27.7. The fourth-order valence-corrected chi connectivity index (χ4v) is 8.32. The number of benzene rings is 3. The predicted molar refractivity (Wildman–Crippen MR) is 201 cm³/mol. The van der Waals surface area contributed by atoms with Gasteiger partial charge in [0.25, 0.3) is 0 Å². The zero-order valence-corrected chi connectivity index (χ0v) is 29.9. The molecule has 4 nitrogen and oxygen atoms in total. The van der Waals surface area contributed by atoms with Gasteiger partial charge in [0, 0.05) is 9.27 Å². The average molecular weight is 659 g/mol. The van der Waals surface area contributed by atoms with Crippen LogP contribution in [0.25, 0.3) is 0 Å². The Morgan fingerprint density at radius 1 is 0.604 bits per heavy atom. The van der Waals surface area contributed by atoms with Gasteiger partial charge in [0.2, 0.25) is 0 Å². The predicted octanol–water partition coefficient (Wildman–Crippen LogP) is 13.7. The first-order chi connectivity index (χ1) is 23.7. The Hall–Kier alpha value is -2.50. The van der Waals surface area contributed by atoms with Gasteiger partial charge in [-0.05, 0) is 103 Å². The molecule has 2 atom stereocenters. The standard InChI is InChI=1S/C44H62O4.2H2/c1-3-5-8-12-34-16-22-37(23-17-34)39-26-20-36(21-27-39)33-46-48-44(41-14-10-7-11-15-41)32-43(47-45)42-30-28-40(29-31-42)38-24-18-35(19-25-38)13-9-6-4-2;;/h7,10-11,14-15,20-21,26-31,34-35,37-38,43-45H,3-6,8-9,12-13,16-19,22-25,32-33H2,1-2H3;2*1H. The molecule has 3 aromatic rings. The fourth-order valence-electron chi connectivity index (χ4n) is 8.32. The second-order valence-corrected chi connectivity index (χ2v) is 14.9. The summed E-state index contributed by atoms with van der Waals surface area (Å²) >= 11 is 0. The lowest BCUT2D eigenvalue weighted by atomic mass is 9.77. The Morgan fingerprint density at radius 3 is 1.60 bits per heavy atom. The molecule has 1 N–H and O–H groups in total. The average Bonchev–Trinajstić information content (AvgIpc) is 3.15. The van der Waals surface area contributed by atoms with E-state index in [9.17, 15) is 5.26 Å². The van der Waals surface area contributed by atoms with Crippen LogP contribution >= 0.6 is 0 Å². The van der Waals surface area contributed by atoms with Gasteiger partial charge in [0.05, 0.1) is 0 Å². The largest absolute Gasteiger partial charge is 0.251 e. The molecule has 0 aliphatic heterocycles. The zero-order chi connectivity index (χ0) is 33.4. The van der Waals surface area contributed by atoms with Crippen molar-refractivity contribution >= 4 is 0 Å². The van der Waals surface area contributed by atoms with Gasteiger partial charge in [-0.2, -0.15) is 0 Å². The Kier molecular flexibility index (Phi) is 15.5. The van der Waals surface area contributed by atoms with Gasteiger partial charge in [-0.1, -0.05) is 144 Å². The molecule has 48 heavy (non-hydrogen) atoms. The molecule has 0 bridgehead atoms. The fraction of sp³-hybridized carbons (Fsp3) is 0.591. The van der Waals surface area contributed by atoms with Crippen molar-refractivity contribution in [1.82, 2.24) is 0 Å². The van der Waals surface area contributed by atoms with Crippen LogP contribution in [0, 0.1) is 11.8 Å². The topological polar surface area (TPSA) is 47.9 Å². The lowest BCUT2D eigenvalue weighted by molar-refractivity contribution is -0.351. The molecule has 266 valence electrons. The highest BCUT2D eigenvalue weighted by atomic mass is 17.2. The summed E-state index contributed by atoms with van der Waals surface area (Å²) in [5.41, 5.74) is 5.90. The maximum absolute atomic E-state index is 10.0. The molecule has 0 saturated heterocycles. The lowest BCUT2D eigenvalue weighted by Crippen LogP contribution is -2.14. The summed E-state index contributed by atoms with van der Waals surface area (Å²) in [4.78, 5) is 17.0. The van der Waals surface area contributed by atoms with Crippen LogP contribution in [0.5, 0.6) is 0 Å². The highest BCUT2D eigenvalue weighted by molar-refractivity contribution is 5.28. The van der Waals surface area contributed by atoms with Gasteiger partial charge in [-0.15, -0.1) is 0 Å². The van der Waals surface area contributed by atoms with Crippen LogP contribution < -0.4 is 0 Å². The quantitative estimate of drug-likeness (QED) is 0.0791. The molecular formula is C44H66O4. The molecule has 0 radical (unpaired) electrons. The summed E-state index contributed by atoms with van der Waals surface area (Å²) in [7, 11) is 0. The number of hydrogen-bond acceptors (Lipinski definition) is 4. The Morgan fingerprint density at radius 2 is 1.10 bits per heavy atom. The highest BCUT2D eigenvalue weighted by Gasteiger charge is 2.26. The minimum atomic E-state index is -0.525. The van der Waals surface area contributed by atoms with Crippen molar-refractivity contribution in [3.63, 3.8) is 0 Å². The normalized spacial score (nSPS) is 22.7. The maximum atomic E-state index is 10.0. The third kappa shape index (κ3) is 11.3. The summed E-state index contributed by atoms with van der Waals surface area (Å²) in [5, 5.41) is 10.0. The summed E-state index contributed by atoms with van der Waals surface area (Å²) in [5.74, 6) is 3.15. The van der Waals surface area contributed by atoms with E-state index in [2.05, 4.69) is 62.4 Å². The molecule has 0 aromatic heterocycles. The maximum Gasteiger partial charge on any atom is 0.121 e. The molecule has 2 unspecified atom stereocenters.